The topological polar surface area (TPSA) is 42.1 Å². The Kier molecular flexibility index (Phi) is 6.26. The molecule has 1 aliphatic rings. The molecule has 0 spiro atoms. The van der Waals surface area contributed by atoms with Gasteiger partial charge in [-0.2, -0.15) is 0 Å². The highest BCUT2D eigenvalue weighted by molar-refractivity contribution is 7.71. The molecule has 33 heavy (non-hydrogen) atoms. The zero-order valence-electron chi connectivity index (χ0n) is 18.4. The van der Waals surface area contributed by atoms with Crippen LogP contribution < -0.4 is 4.90 Å². The summed E-state index contributed by atoms with van der Waals surface area (Å²) >= 11 is 12.3. The molecule has 1 aliphatic heterocycles. The van der Waals surface area contributed by atoms with Crippen LogP contribution in [-0.2, 0) is 6.67 Å². The van der Waals surface area contributed by atoms with Gasteiger partial charge in [0, 0.05) is 44.1 Å². The van der Waals surface area contributed by atoms with Crippen molar-refractivity contribution in [3.8, 4) is 17.1 Å². The minimum atomic E-state index is 0.640. The third-order valence-electron chi connectivity index (χ3n) is 6.01. The molecule has 0 bridgehead atoms. The van der Waals surface area contributed by atoms with Crippen molar-refractivity contribution in [3.63, 3.8) is 0 Å². The van der Waals surface area contributed by atoms with Crippen molar-refractivity contribution < 1.29 is 0 Å². The molecule has 0 radical (unpaired) electrons. The van der Waals surface area contributed by atoms with Gasteiger partial charge in [-0.05, 0) is 55.0 Å². The fourth-order valence-corrected chi connectivity index (χ4v) is 4.78. The van der Waals surface area contributed by atoms with Gasteiger partial charge in [-0.1, -0.05) is 41.9 Å². The Morgan fingerprint density at radius 3 is 2.33 bits per heavy atom. The van der Waals surface area contributed by atoms with Crippen LogP contribution in [0.1, 0.15) is 5.56 Å². The predicted octanol–water partition coefficient (Wildman–Crippen LogP) is 5.21. The van der Waals surface area contributed by atoms with E-state index >= 15 is 0 Å². The van der Waals surface area contributed by atoms with Gasteiger partial charge in [-0.25, -0.2) is 4.68 Å². The number of anilines is 1. The molecule has 1 fully saturated rings. The minimum absolute atomic E-state index is 0.640. The molecule has 0 atom stereocenters. The highest BCUT2D eigenvalue weighted by Gasteiger charge is 2.21. The van der Waals surface area contributed by atoms with Gasteiger partial charge in [0.05, 0.1) is 23.1 Å². The van der Waals surface area contributed by atoms with Gasteiger partial charge < -0.3 is 4.90 Å². The molecule has 0 N–H and O–H groups in total. The molecule has 1 saturated heterocycles. The molecule has 4 aromatic rings. The molecule has 0 saturated carbocycles. The SMILES string of the molecule is Cc1ccccc1-n1c(-c2cccnc2)nn(CN2CCN(c3ccccc3Cl)CC2)c1=S. The van der Waals surface area contributed by atoms with E-state index in [2.05, 4.69) is 44.5 Å². The van der Waals surface area contributed by atoms with E-state index in [1.165, 1.54) is 0 Å². The lowest BCUT2D eigenvalue weighted by Gasteiger charge is -2.36. The highest BCUT2D eigenvalue weighted by Crippen LogP contribution is 2.27. The maximum atomic E-state index is 6.40. The number of hydrogen-bond acceptors (Lipinski definition) is 5. The average molecular weight is 477 g/mol. The number of hydrogen-bond donors (Lipinski definition) is 0. The van der Waals surface area contributed by atoms with Crippen molar-refractivity contribution in [3.05, 3.63) is 88.4 Å². The number of nitrogens with zero attached hydrogens (tertiary/aromatic N) is 6. The van der Waals surface area contributed by atoms with Crippen LogP contribution in [0.5, 0.6) is 0 Å². The van der Waals surface area contributed by atoms with Crippen LogP contribution in [0.4, 0.5) is 5.69 Å². The number of benzene rings is 2. The summed E-state index contributed by atoms with van der Waals surface area (Å²) < 4.78 is 4.66. The molecule has 0 amide bonds. The fraction of sp³-hybridized carbons (Fsp3) is 0.240. The van der Waals surface area contributed by atoms with Crippen LogP contribution >= 0.6 is 23.8 Å². The number of pyridine rings is 1. The third-order valence-corrected chi connectivity index (χ3v) is 6.73. The van der Waals surface area contributed by atoms with E-state index in [0.717, 1.165) is 59.5 Å². The van der Waals surface area contributed by atoms with Crippen molar-refractivity contribution in [2.45, 2.75) is 13.6 Å². The maximum Gasteiger partial charge on any atom is 0.204 e. The van der Waals surface area contributed by atoms with E-state index in [-0.39, 0.29) is 0 Å². The lowest BCUT2D eigenvalue weighted by atomic mass is 10.2. The molecule has 8 heteroatoms. The molecule has 0 aliphatic carbocycles. The molecule has 2 aromatic carbocycles. The molecule has 0 unspecified atom stereocenters. The Morgan fingerprint density at radius 2 is 1.64 bits per heavy atom. The molecular weight excluding hydrogens is 452 g/mol. The molecule has 168 valence electrons. The van der Waals surface area contributed by atoms with Gasteiger partial charge in [0.15, 0.2) is 5.82 Å². The fourth-order valence-electron chi connectivity index (χ4n) is 4.24. The molecular formula is C25H25ClN6S. The van der Waals surface area contributed by atoms with E-state index in [0.29, 0.717) is 11.4 Å². The number of aromatic nitrogens is 4. The van der Waals surface area contributed by atoms with Crippen LogP contribution in [0.25, 0.3) is 17.1 Å². The Balaban J connectivity index is 1.42. The Hall–Kier alpha value is -3.00. The lowest BCUT2D eigenvalue weighted by molar-refractivity contribution is 0.194. The van der Waals surface area contributed by atoms with Crippen LogP contribution in [-0.4, -0.2) is 50.4 Å². The number of piperazine rings is 1. The van der Waals surface area contributed by atoms with Crippen molar-refractivity contribution in [2.24, 2.45) is 0 Å². The van der Waals surface area contributed by atoms with Gasteiger partial charge in [-0.15, -0.1) is 5.10 Å². The van der Waals surface area contributed by atoms with Gasteiger partial charge in [0.2, 0.25) is 4.77 Å². The monoisotopic (exact) mass is 476 g/mol. The maximum absolute atomic E-state index is 6.40. The summed E-state index contributed by atoms with van der Waals surface area (Å²) in [5, 5.41) is 5.74. The van der Waals surface area contributed by atoms with Gasteiger partial charge in [0.25, 0.3) is 0 Å². The van der Waals surface area contributed by atoms with Crippen molar-refractivity contribution in [2.75, 3.05) is 31.1 Å². The quantitative estimate of drug-likeness (QED) is 0.370. The second kappa shape index (κ2) is 9.47. The van der Waals surface area contributed by atoms with E-state index in [9.17, 15) is 0 Å². The van der Waals surface area contributed by atoms with E-state index in [4.69, 9.17) is 28.9 Å². The standard InChI is InChI=1S/C25H25ClN6S/c1-19-7-2-4-10-22(19)32-24(20-8-6-12-27-17-20)28-31(25(32)33)18-29-13-15-30(16-14-29)23-11-5-3-9-21(23)26/h2-12,17H,13-16,18H2,1H3. The first-order chi connectivity index (χ1) is 16.1. The smallest absolute Gasteiger partial charge is 0.204 e. The van der Waals surface area contributed by atoms with E-state index in [1.807, 2.05) is 53.3 Å². The summed E-state index contributed by atoms with van der Waals surface area (Å²) in [6, 6.07) is 20.2. The predicted molar refractivity (Wildman–Crippen MR) is 136 cm³/mol. The first-order valence-corrected chi connectivity index (χ1v) is 11.8. The summed E-state index contributed by atoms with van der Waals surface area (Å²) in [7, 11) is 0. The highest BCUT2D eigenvalue weighted by atomic mass is 35.5. The molecule has 6 nitrogen and oxygen atoms in total. The zero-order valence-corrected chi connectivity index (χ0v) is 20.0. The van der Waals surface area contributed by atoms with Gasteiger partial charge in [0.1, 0.15) is 0 Å². The Bertz CT molecular complexity index is 1310. The summed E-state index contributed by atoms with van der Waals surface area (Å²) in [5.74, 6) is 0.803. The second-order valence-electron chi connectivity index (χ2n) is 8.17. The Labute approximate surface area is 203 Å². The Morgan fingerprint density at radius 1 is 0.909 bits per heavy atom. The first-order valence-electron chi connectivity index (χ1n) is 11.0. The average Bonchev–Trinajstić information content (AvgIpc) is 3.16. The third kappa shape index (κ3) is 4.44. The molecule has 2 aromatic heterocycles. The van der Waals surface area contributed by atoms with E-state index in [1.54, 1.807) is 6.20 Å². The number of halogens is 1. The molecule has 5 rings (SSSR count). The van der Waals surface area contributed by atoms with Crippen molar-refractivity contribution >= 4 is 29.5 Å². The summed E-state index contributed by atoms with van der Waals surface area (Å²) in [4.78, 5) is 9.01. The minimum Gasteiger partial charge on any atom is -0.368 e. The van der Waals surface area contributed by atoms with Crippen molar-refractivity contribution in [1.29, 1.82) is 0 Å². The molecule has 3 heterocycles. The van der Waals surface area contributed by atoms with Crippen LogP contribution in [0.2, 0.25) is 5.02 Å². The van der Waals surface area contributed by atoms with Crippen molar-refractivity contribution in [1.82, 2.24) is 24.2 Å². The normalized spacial score (nSPS) is 14.5. The number of aryl methyl sites for hydroxylation is 1. The number of rotatable bonds is 5. The second-order valence-corrected chi connectivity index (χ2v) is 8.94. The number of para-hydroxylation sites is 2. The van der Waals surface area contributed by atoms with Crippen LogP contribution in [0.3, 0.4) is 0 Å². The summed E-state index contributed by atoms with van der Waals surface area (Å²) in [5.41, 5.74) is 4.22. The van der Waals surface area contributed by atoms with Gasteiger partial charge in [-0.3, -0.25) is 14.5 Å². The van der Waals surface area contributed by atoms with Gasteiger partial charge >= 0.3 is 0 Å². The lowest BCUT2D eigenvalue weighted by Crippen LogP contribution is -2.47. The first kappa shape index (κ1) is 21.8. The largest absolute Gasteiger partial charge is 0.368 e. The van der Waals surface area contributed by atoms with Crippen LogP contribution in [0.15, 0.2) is 73.1 Å². The van der Waals surface area contributed by atoms with Crippen LogP contribution in [0, 0.1) is 11.7 Å². The summed E-state index contributed by atoms with van der Waals surface area (Å²) in [6.45, 7) is 6.37. The summed E-state index contributed by atoms with van der Waals surface area (Å²) in [6.07, 6.45) is 3.60. The zero-order chi connectivity index (χ0) is 22.8. The van der Waals surface area contributed by atoms with E-state index < -0.39 is 0 Å².